The van der Waals surface area contributed by atoms with Gasteiger partial charge in [-0.1, -0.05) is 143 Å². The molecule has 224 valence electrons. The third kappa shape index (κ3) is 28.9. The Morgan fingerprint density at radius 3 is 1.16 bits per heavy atom. The van der Waals surface area contributed by atoms with Gasteiger partial charge < -0.3 is 9.79 Å². The van der Waals surface area contributed by atoms with Gasteiger partial charge in [-0.2, -0.15) is 0 Å². The molecule has 1 N–H and O–H groups in total. The van der Waals surface area contributed by atoms with E-state index in [2.05, 4.69) is 25.7 Å². The second-order valence-corrected chi connectivity index (χ2v) is 12.5. The Labute approximate surface area is 232 Å². The lowest BCUT2D eigenvalue weighted by Crippen LogP contribution is -2.28. The van der Waals surface area contributed by atoms with Crippen LogP contribution in [0.25, 0.3) is 0 Å². The van der Waals surface area contributed by atoms with E-state index in [-0.39, 0.29) is 6.61 Å². The standard InChI is InChI=1S/C31H66NO4P/c1-4-7-10-13-16-17-18-19-22-25-30-35-37(33,34)36-31-26-29-32(27-23-20-14-11-8-5-2)28-24-21-15-12-9-6-3/h4-31H2,1-3H3,(H,33,34). The van der Waals surface area contributed by atoms with E-state index >= 15 is 0 Å². The molecule has 0 aliphatic rings. The zero-order valence-corrected chi connectivity index (χ0v) is 26.3. The van der Waals surface area contributed by atoms with Crippen LogP contribution in [0.4, 0.5) is 0 Å². The minimum Gasteiger partial charge on any atom is -0.303 e. The van der Waals surface area contributed by atoms with Gasteiger partial charge in [0.25, 0.3) is 0 Å². The number of unbranched alkanes of at least 4 members (excludes halogenated alkanes) is 19. The third-order valence-corrected chi connectivity index (χ3v) is 8.30. The van der Waals surface area contributed by atoms with Crippen molar-refractivity contribution in [1.82, 2.24) is 4.90 Å². The van der Waals surface area contributed by atoms with Gasteiger partial charge in [0, 0.05) is 6.54 Å². The Bertz CT molecular complexity index is 476. The molecule has 0 bridgehead atoms. The minimum atomic E-state index is -3.92. The van der Waals surface area contributed by atoms with E-state index in [0.717, 1.165) is 38.9 Å². The third-order valence-electron chi connectivity index (χ3n) is 7.28. The van der Waals surface area contributed by atoms with Crippen molar-refractivity contribution in [2.24, 2.45) is 0 Å². The van der Waals surface area contributed by atoms with Crippen LogP contribution in [0.1, 0.15) is 168 Å². The van der Waals surface area contributed by atoms with Crippen molar-refractivity contribution in [3.05, 3.63) is 0 Å². The summed E-state index contributed by atoms with van der Waals surface area (Å²) in [6.45, 7) is 10.6. The fourth-order valence-corrected chi connectivity index (χ4v) is 5.64. The monoisotopic (exact) mass is 547 g/mol. The first-order chi connectivity index (χ1) is 18.1. The van der Waals surface area contributed by atoms with Crippen LogP contribution in [0.3, 0.4) is 0 Å². The van der Waals surface area contributed by atoms with Crippen LogP contribution in [0.2, 0.25) is 0 Å². The molecular weight excluding hydrogens is 481 g/mol. The van der Waals surface area contributed by atoms with Gasteiger partial charge in [0.1, 0.15) is 0 Å². The summed E-state index contributed by atoms with van der Waals surface area (Å²) >= 11 is 0. The van der Waals surface area contributed by atoms with Crippen LogP contribution < -0.4 is 0 Å². The molecule has 0 spiro atoms. The lowest BCUT2D eigenvalue weighted by atomic mass is 10.1. The predicted octanol–water partition coefficient (Wildman–Crippen LogP) is 10.5. The van der Waals surface area contributed by atoms with Crippen molar-refractivity contribution < 1.29 is 18.5 Å². The van der Waals surface area contributed by atoms with E-state index in [1.54, 1.807) is 0 Å². The van der Waals surface area contributed by atoms with Gasteiger partial charge in [0.05, 0.1) is 13.2 Å². The zero-order valence-electron chi connectivity index (χ0n) is 25.4. The molecule has 0 rings (SSSR count). The van der Waals surface area contributed by atoms with Crippen LogP contribution in [-0.2, 0) is 13.6 Å². The summed E-state index contributed by atoms with van der Waals surface area (Å²) in [6, 6.07) is 0. The summed E-state index contributed by atoms with van der Waals surface area (Å²) < 4.78 is 22.7. The molecule has 6 heteroatoms. The van der Waals surface area contributed by atoms with E-state index in [9.17, 15) is 9.46 Å². The summed E-state index contributed by atoms with van der Waals surface area (Å²) in [6.07, 6.45) is 28.9. The smallest absolute Gasteiger partial charge is 0.303 e. The highest BCUT2D eigenvalue weighted by Gasteiger charge is 2.20. The lowest BCUT2D eigenvalue weighted by molar-refractivity contribution is 0.139. The Hall–Kier alpha value is 0.0700. The summed E-state index contributed by atoms with van der Waals surface area (Å²) in [5.74, 6) is 0. The number of hydrogen-bond donors (Lipinski definition) is 1. The van der Waals surface area contributed by atoms with Crippen LogP contribution >= 0.6 is 7.82 Å². The minimum absolute atomic E-state index is 0.287. The summed E-state index contributed by atoms with van der Waals surface area (Å²) in [5, 5.41) is 0. The van der Waals surface area contributed by atoms with Gasteiger partial charge in [-0.25, -0.2) is 4.57 Å². The van der Waals surface area contributed by atoms with Gasteiger partial charge in [0.2, 0.25) is 0 Å². The highest BCUT2D eigenvalue weighted by atomic mass is 31.2. The number of phosphoric acid groups is 1. The molecule has 1 unspecified atom stereocenters. The van der Waals surface area contributed by atoms with E-state index in [4.69, 9.17) is 9.05 Å². The lowest BCUT2D eigenvalue weighted by Gasteiger charge is -2.22. The number of phosphoric ester groups is 1. The summed E-state index contributed by atoms with van der Waals surface area (Å²) in [5.41, 5.74) is 0. The Kier molecular flexibility index (Phi) is 29.1. The molecule has 0 aromatic rings. The first-order valence-corrected chi connectivity index (χ1v) is 17.9. The van der Waals surface area contributed by atoms with Crippen LogP contribution in [0.5, 0.6) is 0 Å². The van der Waals surface area contributed by atoms with Crippen LogP contribution in [0, 0.1) is 0 Å². The molecule has 0 aliphatic heterocycles. The Morgan fingerprint density at radius 2 is 0.757 bits per heavy atom. The van der Waals surface area contributed by atoms with E-state index in [1.807, 2.05) is 0 Å². The second kappa shape index (κ2) is 29.1. The number of rotatable bonds is 31. The molecular formula is C31H66NO4P. The first-order valence-electron chi connectivity index (χ1n) is 16.4. The fourth-order valence-electron chi connectivity index (χ4n) is 4.84. The van der Waals surface area contributed by atoms with Gasteiger partial charge in [0.15, 0.2) is 0 Å². The molecule has 0 radical (unpaired) electrons. The Balaban J connectivity index is 3.94. The fraction of sp³-hybridized carbons (Fsp3) is 1.00. The van der Waals surface area contributed by atoms with Gasteiger partial charge in [-0.15, -0.1) is 0 Å². The largest absolute Gasteiger partial charge is 0.472 e. The topological polar surface area (TPSA) is 59.0 Å². The van der Waals surface area contributed by atoms with Crippen molar-refractivity contribution in [3.63, 3.8) is 0 Å². The predicted molar refractivity (Wildman–Crippen MR) is 161 cm³/mol. The molecule has 0 aromatic heterocycles. The molecule has 1 atom stereocenters. The van der Waals surface area contributed by atoms with Crippen molar-refractivity contribution in [1.29, 1.82) is 0 Å². The van der Waals surface area contributed by atoms with E-state index < -0.39 is 7.82 Å². The van der Waals surface area contributed by atoms with Crippen LogP contribution in [0.15, 0.2) is 0 Å². The van der Waals surface area contributed by atoms with Crippen molar-refractivity contribution in [3.8, 4) is 0 Å². The van der Waals surface area contributed by atoms with Gasteiger partial charge in [-0.05, 0) is 38.8 Å². The molecule has 0 aliphatic carbocycles. The molecule has 5 nitrogen and oxygen atoms in total. The highest BCUT2D eigenvalue weighted by molar-refractivity contribution is 7.47. The SMILES string of the molecule is CCCCCCCCCCCCOP(=O)(O)OCCCN(CCCCCCCC)CCCCCCCC. The molecule has 0 saturated carbocycles. The van der Waals surface area contributed by atoms with Crippen LogP contribution in [-0.4, -0.2) is 42.6 Å². The second-order valence-electron chi connectivity index (χ2n) is 11.0. The van der Waals surface area contributed by atoms with Crippen molar-refractivity contribution >= 4 is 7.82 Å². The van der Waals surface area contributed by atoms with Gasteiger partial charge in [-0.3, -0.25) is 9.05 Å². The molecule has 0 aromatic carbocycles. The average molecular weight is 548 g/mol. The maximum absolute atomic E-state index is 12.2. The first kappa shape index (κ1) is 37.1. The average Bonchev–Trinajstić information content (AvgIpc) is 2.88. The maximum atomic E-state index is 12.2. The van der Waals surface area contributed by atoms with Crippen molar-refractivity contribution in [2.75, 3.05) is 32.8 Å². The molecule has 0 amide bonds. The zero-order chi connectivity index (χ0) is 27.3. The van der Waals surface area contributed by atoms with Crippen molar-refractivity contribution in [2.45, 2.75) is 168 Å². The van der Waals surface area contributed by atoms with E-state index in [0.29, 0.717) is 6.61 Å². The summed E-state index contributed by atoms with van der Waals surface area (Å²) in [4.78, 5) is 12.5. The highest BCUT2D eigenvalue weighted by Crippen LogP contribution is 2.43. The van der Waals surface area contributed by atoms with Gasteiger partial charge >= 0.3 is 7.82 Å². The molecule has 0 fully saturated rings. The maximum Gasteiger partial charge on any atom is 0.472 e. The number of nitrogens with zero attached hydrogens (tertiary/aromatic N) is 1. The molecule has 37 heavy (non-hydrogen) atoms. The quantitative estimate of drug-likeness (QED) is 0.0691. The summed E-state index contributed by atoms with van der Waals surface area (Å²) in [7, 11) is -3.92. The normalized spacial score (nSPS) is 13.4. The molecule has 0 saturated heterocycles. The van der Waals surface area contributed by atoms with E-state index in [1.165, 1.54) is 128 Å². The molecule has 0 heterocycles. The number of hydrogen-bond acceptors (Lipinski definition) is 4. The Morgan fingerprint density at radius 1 is 0.459 bits per heavy atom.